The van der Waals surface area contributed by atoms with E-state index in [1.165, 1.54) is 5.56 Å². The van der Waals surface area contributed by atoms with E-state index in [0.29, 0.717) is 23.2 Å². The largest absolute Gasteiger partial charge is 0.361 e. The fraction of sp³-hybridized carbons (Fsp3) is 0.312. The minimum absolute atomic E-state index is 0.124. The third-order valence-corrected chi connectivity index (χ3v) is 3.28. The highest BCUT2D eigenvalue weighted by atomic mass is 16.5. The summed E-state index contributed by atoms with van der Waals surface area (Å²) in [5.74, 6) is 1.62. The van der Waals surface area contributed by atoms with E-state index in [4.69, 9.17) is 9.05 Å². The van der Waals surface area contributed by atoms with Gasteiger partial charge in [-0.3, -0.25) is 0 Å². The van der Waals surface area contributed by atoms with Crippen LogP contribution in [0, 0.1) is 6.92 Å². The minimum atomic E-state index is 0.124. The van der Waals surface area contributed by atoms with Crippen molar-refractivity contribution in [2.45, 2.75) is 33.1 Å². The molecule has 0 aliphatic rings. The van der Waals surface area contributed by atoms with E-state index in [9.17, 15) is 0 Å². The fourth-order valence-electron chi connectivity index (χ4n) is 2.03. The zero-order valence-electron chi connectivity index (χ0n) is 12.5. The Balaban J connectivity index is 1.90. The molecule has 0 aliphatic carbocycles. The summed E-state index contributed by atoms with van der Waals surface area (Å²) in [6.07, 6.45) is 0. The van der Waals surface area contributed by atoms with Gasteiger partial charge in [-0.2, -0.15) is 4.98 Å². The fourth-order valence-corrected chi connectivity index (χ4v) is 2.03. The number of benzene rings is 1. The monoisotopic (exact) mass is 283 g/mol. The molecule has 0 atom stereocenters. The number of hydrogen-bond donors (Lipinski definition) is 0. The van der Waals surface area contributed by atoms with Gasteiger partial charge in [0.1, 0.15) is 5.76 Å². The van der Waals surface area contributed by atoms with E-state index < -0.39 is 0 Å². The first-order valence-corrected chi connectivity index (χ1v) is 6.82. The summed E-state index contributed by atoms with van der Waals surface area (Å²) in [5.41, 5.74) is 2.86. The van der Waals surface area contributed by atoms with Crippen molar-refractivity contribution in [2.24, 2.45) is 0 Å². The Bertz CT molecular complexity index is 748. The minimum Gasteiger partial charge on any atom is -0.361 e. The second-order valence-corrected chi connectivity index (χ2v) is 6.07. The predicted octanol–water partition coefficient (Wildman–Crippen LogP) is 4.00. The highest BCUT2D eigenvalue weighted by Gasteiger charge is 2.16. The zero-order valence-corrected chi connectivity index (χ0v) is 12.5. The molecule has 0 fully saturated rings. The molecule has 0 bridgehead atoms. The molecule has 2 heterocycles. The Labute approximate surface area is 123 Å². The van der Waals surface area contributed by atoms with E-state index in [0.717, 1.165) is 5.56 Å². The van der Waals surface area contributed by atoms with Gasteiger partial charge in [0.05, 0.1) is 0 Å². The molecule has 0 saturated heterocycles. The van der Waals surface area contributed by atoms with Gasteiger partial charge in [-0.25, -0.2) is 0 Å². The first-order chi connectivity index (χ1) is 9.93. The summed E-state index contributed by atoms with van der Waals surface area (Å²) in [7, 11) is 0. The number of aromatic nitrogens is 3. The molecule has 108 valence electrons. The van der Waals surface area contributed by atoms with Crippen molar-refractivity contribution in [1.29, 1.82) is 0 Å². The normalized spacial score (nSPS) is 11.8. The van der Waals surface area contributed by atoms with Crippen molar-refractivity contribution in [3.8, 4) is 23.0 Å². The Morgan fingerprint density at radius 3 is 2.24 bits per heavy atom. The van der Waals surface area contributed by atoms with Crippen molar-refractivity contribution in [2.75, 3.05) is 0 Å². The van der Waals surface area contributed by atoms with Gasteiger partial charge in [-0.05, 0) is 17.9 Å². The molecule has 1 aromatic carbocycles. The van der Waals surface area contributed by atoms with Gasteiger partial charge in [0.2, 0.25) is 5.82 Å². The van der Waals surface area contributed by atoms with Crippen molar-refractivity contribution >= 4 is 0 Å². The first kappa shape index (κ1) is 13.5. The molecule has 0 N–H and O–H groups in total. The van der Waals surface area contributed by atoms with Crippen LogP contribution in [0.5, 0.6) is 0 Å². The standard InChI is InChI=1S/C16H17N3O2/c1-10-9-13(18-20-10)15-17-14(19-21-15)11-5-7-12(8-6-11)16(2,3)4/h5-9H,1-4H3. The van der Waals surface area contributed by atoms with Gasteiger partial charge in [-0.1, -0.05) is 55.4 Å². The highest BCUT2D eigenvalue weighted by Crippen LogP contribution is 2.26. The van der Waals surface area contributed by atoms with Crippen LogP contribution in [-0.4, -0.2) is 15.3 Å². The third kappa shape index (κ3) is 2.72. The molecule has 0 unspecified atom stereocenters. The lowest BCUT2D eigenvalue weighted by atomic mass is 9.87. The van der Waals surface area contributed by atoms with E-state index >= 15 is 0 Å². The topological polar surface area (TPSA) is 65.0 Å². The second-order valence-electron chi connectivity index (χ2n) is 6.07. The van der Waals surface area contributed by atoms with Crippen LogP contribution in [0.25, 0.3) is 23.0 Å². The van der Waals surface area contributed by atoms with Crippen LogP contribution in [0.2, 0.25) is 0 Å². The maximum Gasteiger partial charge on any atom is 0.280 e. The smallest absolute Gasteiger partial charge is 0.280 e. The molecule has 0 amide bonds. The molecule has 21 heavy (non-hydrogen) atoms. The lowest BCUT2D eigenvalue weighted by molar-refractivity contribution is 0.390. The van der Waals surface area contributed by atoms with Crippen LogP contribution in [0.15, 0.2) is 39.4 Å². The Hall–Kier alpha value is -2.43. The highest BCUT2D eigenvalue weighted by molar-refractivity contribution is 5.58. The van der Waals surface area contributed by atoms with Crippen LogP contribution in [0.3, 0.4) is 0 Å². The second kappa shape index (κ2) is 4.84. The number of nitrogens with zero attached hydrogens (tertiary/aromatic N) is 3. The lowest BCUT2D eigenvalue weighted by Crippen LogP contribution is -2.10. The molecule has 5 nitrogen and oxygen atoms in total. The van der Waals surface area contributed by atoms with Gasteiger partial charge in [0, 0.05) is 11.6 Å². The van der Waals surface area contributed by atoms with Gasteiger partial charge in [-0.15, -0.1) is 0 Å². The van der Waals surface area contributed by atoms with Crippen LogP contribution in [0.4, 0.5) is 0 Å². The van der Waals surface area contributed by atoms with Crippen molar-refractivity contribution in [3.63, 3.8) is 0 Å². The quantitative estimate of drug-likeness (QED) is 0.711. The lowest BCUT2D eigenvalue weighted by Gasteiger charge is -2.18. The van der Waals surface area contributed by atoms with Crippen LogP contribution in [-0.2, 0) is 5.41 Å². The summed E-state index contributed by atoms with van der Waals surface area (Å²) in [6.45, 7) is 8.36. The Morgan fingerprint density at radius 1 is 0.952 bits per heavy atom. The third-order valence-electron chi connectivity index (χ3n) is 3.28. The average Bonchev–Trinajstić information content (AvgIpc) is 3.06. The SMILES string of the molecule is Cc1cc(-c2nc(-c3ccc(C(C)(C)C)cc3)no2)no1. The number of rotatable bonds is 2. The summed E-state index contributed by atoms with van der Waals surface area (Å²) in [5, 5.41) is 7.86. The Morgan fingerprint density at radius 2 is 1.67 bits per heavy atom. The maximum atomic E-state index is 5.23. The van der Waals surface area contributed by atoms with Crippen LogP contribution < -0.4 is 0 Å². The van der Waals surface area contributed by atoms with Gasteiger partial charge in [0.25, 0.3) is 5.89 Å². The summed E-state index contributed by atoms with van der Waals surface area (Å²) in [4.78, 5) is 4.36. The molecule has 0 radical (unpaired) electrons. The zero-order chi connectivity index (χ0) is 15.0. The van der Waals surface area contributed by atoms with Crippen molar-refractivity contribution in [1.82, 2.24) is 15.3 Å². The number of hydrogen-bond acceptors (Lipinski definition) is 5. The first-order valence-electron chi connectivity index (χ1n) is 6.82. The van der Waals surface area contributed by atoms with E-state index in [-0.39, 0.29) is 5.41 Å². The molecule has 3 rings (SSSR count). The predicted molar refractivity (Wildman–Crippen MR) is 78.7 cm³/mol. The van der Waals surface area contributed by atoms with E-state index in [1.54, 1.807) is 6.07 Å². The van der Waals surface area contributed by atoms with Crippen molar-refractivity contribution in [3.05, 3.63) is 41.7 Å². The molecule has 0 saturated carbocycles. The molecular weight excluding hydrogens is 266 g/mol. The van der Waals surface area contributed by atoms with Gasteiger partial charge in [0.15, 0.2) is 5.69 Å². The van der Waals surface area contributed by atoms with Crippen LogP contribution >= 0.6 is 0 Å². The van der Waals surface area contributed by atoms with Gasteiger partial charge >= 0.3 is 0 Å². The average molecular weight is 283 g/mol. The molecular formula is C16H17N3O2. The molecule has 5 heteroatoms. The van der Waals surface area contributed by atoms with E-state index in [2.05, 4.69) is 48.2 Å². The maximum absolute atomic E-state index is 5.23. The molecule has 0 aliphatic heterocycles. The summed E-state index contributed by atoms with van der Waals surface area (Å²) >= 11 is 0. The van der Waals surface area contributed by atoms with Crippen LogP contribution in [0.1, 0.15) is 32.1 Å². The molecule has 2 aromatic heterocycles. The Kier molecular flexibility index (Phi) is 3.12. The van der Waals surface area contributed by atoms with Crippen molar-refractivity contribution < 1.29 is 9.05 Å². The van der Waals surface area contributed by atoms with Gasteiger partial charge < -0.3 is 9.05 Å². The van der Waals surface area contributed by atoms with E-state index in [1.807, 2.05) is 19.1 Å². The molecule has 0 spiro atoms. The molecule has 3 aromatic rings. The summed E-state index contributed by atoms with van der Waals surface area (Å²) in [6, 6.07) is 9.95. The summed E-state index contributed by atoms with van der Waals surface area (Å²) < 4.78 is 10.2. The number of aryl methyl sites for hydroxylation is 1.